The van der Waals surface area contributed by atoms with Crippen LogP contribution in [-0.2, 0) is 99.5 Å². The van der Waals surface area contributed by atoms with E-state index in [-0.39, 0.29) is 65.2 Å². The minimum atomic E-state index is -4.67. The Morgan fingerprint density at radius 3 is 1.02 bits per heavy atom. The van der Waals surface area contributed by atoms with Crippen molar-refractivity contribution < 1.29 is 186 Å². The summed E-state index contributed by atoms with van der Waals surface area (Å²) in [5.74, 6) is -0.340. The Bertz CT molecular complexity index is 2920. The van der Waals surface area contributed by atoms with E-state index in [1.54, 1.807) is 14.1 Å². The molecule has 0 unspecified atom stereocenters. The number of hydrogen-bond acceptors (Lipinski definition) is 40. The predicted molar refractivity (Wildman–Crippen MR) is 360 cm³/mol. The van der Waals surface area contributed by atoms with Gasteiger partial charge in [0.2, 0.25) is 24.4 Å². The Labute approximate surface area is 615 Å². The number of hydrogen-bond donors (Lipinski definition) is 32. The van der Waals surface area contributed by atoms with E-state index >= 15 is 0 Å². The van der Waals surface area contributed by atoms with E-state index in [4.69, 9.17) is 170 Å². The average Bonchev–Trinajstić information content (AvgIpc) is 0.782. The highest BCUT2D eigenvalue weighted by Crippen LogP contribution is 2.35. The smallest absolute Gasteiger partial charge is 0.394 e. The summed E-state index contributed by atoms with van der Waals surface area (Å²) >= 11 is 0. The Balaban J connectivity index is 0.00000159. The van der Waals surface area contributed by atoms with Gasteiger partial charge in [-0.05, 0) is 91.7 Å². The third-order valence-corrected chi connectivity index (χ3v) is 15.3. The number of amides is 2. The van der Waals surface area contributed by atoms with E-state index in [1.165, 1.54) is 13.8 Å². The van der Waals surface area contributed by atoms with E-state index in [1.807, 2.05) is 12.2 Å². The van der Waals surface area contributed by atoms with Gasteiger partial charge >= 0.3 is 52.0 Å². The fraction of sp³-hybridized carbons (Fsp3) is 0.880. The third kappa shape index (κ3) is 43.2. The van der Waals surface area contributed by atoms with Gasteiger partial charge in [0.25, 0.3) is 0 Å². The highest BCUT2D eigenvalue weighted by atomic mass is 32.3. The molecule has 6 aliphatic rings. The first kappa shape index (κ1) is 103. The number of rotatable bonds is 26. The van der Waals surface area contributed by atoms with Crippen LogP contribution < -0.4 is 66.3 Å². The van der Waals surface area contributed by atoms with Crippen LogP contribution in [0.1, 0.15) is 52.4 Å². The average molecular weight is 1680 g/mol. The molecule has 52 nitrogen and oxygen atoms in total. The van der Waals surface area contributed by atoms with E-state index < -0.39 is 210 Å². The summed E-state index contributed by atoms with van der Waals surface area (Å²) in [4.78, 5) is 25.3. The lowest BCUT2D eigenvalue weighted by molar-refractivity contribution is -0.304. The molecule has 4 heterocycles. The van der Waals surface area contributed by atoms with Crippen LogP contribution in [0.5, 0.6) is 0 Å². The van der Waals surface area contributed by atoms with Crippen LogP contribution in [0.15, 0.2) is 23.7 Å². The van der Waals surface area contributed by atoms with Gasteiger partial charge < -0.3 is 155 Å². The minimum absolute atomic E-state index is 0.0216. The van der Waals surface area contributed by atoms with Gasteiger partial charge in [-0.15, -0.1) is 0 Å². The largest absolute Gasteiger partial charge is 0.467 e. The minimum Gasteiger partial charge on any atom is -0.467 e. The van der Waals surface area contributed by atoms with Crippen LogP contribution in [0.2, 0.25) is 0 Å². The maximum atomic E-state index is 12.7. The van der Waals surface area contributed by atoms with Crippen molar-refractivity contribution in [1.29, 1.82) is 0 Å². The molecule has 4 aliphatic heterocycles. The number of nitrogens with one attached hydrogen (secondary N) is 6. The van der Waals surface area contributed by atoms with Crippen molar-refractivity contribution >= 4 is 63.8 Å². The summed E-state index contributed by atoms with van der Waals surface area (Å²) in [6, 6.07) is -6.24. The molecule has 0 aromatic heterocycles. The molecule has 0 aromatic rings. The van der Waals surface area contributed by atoms with E-state index in [0.29, 0.717) is 50.5 Å². The summed E-state index contributed by atoms with van der Waals surface area (Å²) in [6.07, 6.45) is -12.8. The van der Waals surface area contributed by atoms with Crippen LogP contribution in [0.25, 0.3) is 0 Å². The molecule has 4 fully saturated rings. The van der Waals surface area contributed by atoms with Gasteiger partial charge in [0, 0.05) is 25.2 Å². The van der Waals surface area contributed by atoms with Crippen molar-refractivity contribution in [2.24, 2.45) is 34.4 Å². The lowest BCUT2D eigenvalue weighted by atomic mass is 9.83. The molecule has 2 amide bonds. The first-order chi connectivity index (χ1) is 48.9. The first-order valence-electron chi connectivity index (χ1n) is 31.5. The van der Waals surface area contributed by atoms with Crippen LogP contribution in [0.4, 0.5) is 0 Å². The molecular weight excluding hydrogens is 1570 g/mol. The highest BCUT2D eigenvalue weighted by Gasteiger charge is 2.54. The predicted octanol–water partition coefficient (Wildman–Crippen LogP) is -14.0. The van der Waals surface area contributed by atoms with Crippen LogP contribution in [0, 0.1) is 0 Å². The van der Waals surface area contributed by atoms with Gasteiger partial charge in [-0.2, -0.15) is 42.1 Å². The fourth-order valence-corrected chi connectivity index (χ4v) is 10.8. The van der Waals surface area contributed by atoms with Gasteiger partial charge in [-0.1, -0.05) is 0 Å². The van der Waals surface area contributed by atoms with E-state index in [0.717, 1.165) is 0 Å². The zero-order chi connectivity index (χ0) is 83.1. The number of carbonyl (C=O) groups excluding carboxylic acids is 2. The Kier molecular flexibility index (Phi) is 46.1. The van der Waals surface area contributed by atoms with Crippen LogP contribution in [-0.4, -0.2) is 376 Å². The molecule has 57 heteroatoms. The topological polar surface area (TPSA) is 912 Å². The Hall–Kier alpha value is -3.67. The van der Waals surface area contributed by atoms with Gasteiger partial charge in [-0.25, -0.2) is 0 Å². The van der Waals surface area contributed by atoms with Crippen molar-refractivity contribution in [2.75, 3.05) is 79.8 Å². The fourth-order valence-electron chi connectivity index (χ4n) is 10.8. The lowest BCUT2D eigenvalue weighted by Crippen LogP contribution is -2.69. The van der Waals surface area contributed by atoms with Gasteiger partial charge in [0.05, 0.1) is 75.8 Å². The quantitative estimate of drug-likeness (QED) is 0.0282. The molecule has 636 valence electrons. The van der Waals surface area contributed by atoms with E-state index in [2.05, 4.69) is 31.9 Å². The molecule has 24 atom stereocenters. The Morgan fingerprint density at radius 1 is 0.495 bits per heavy atom. The monoisotopic (exact) mass is 1670 g/mol. The van der Waals surface area contributed by atoms with Crippen LogP contribution in [0.3, 0.4) is 0 Å². The second-order valence-corrected chi connectivity index (χ2v) is 28.8. The van der Waals surface area contributed by atoms with Crippen molar-refractivity contribution in [2.45, 2.75) is 198 Å². The van der Waals surface area contributed by atoms with Gasteiger partial charge in [-0.3, -0.25) is 55.1 Å². The van der Waals surface area contributed by atoms with Crippen LogP contribution >= 0.6 is 0 Å². The number of ether oxygens (including phenoxy) is 8. The summed E-state index contributed by atoms with van der Waals surface area (Å²) in [5.41, 5.74) is 33.4. The zero-order valence-corrected chi connectivity index (χ0v) is 61.9. The summed E-state index contributed by atoms with van der Waals surface area (Å²) in [5, 5.41) is 121. The molecular formula is C50H106N12O40S5. The van der Waals surface area contributed by atoms with Gasteiger partial charge in [0.15, 0.2) is 12.6 Å². The molecule has 6 rings (SSSR count). The summed E-state index contributed by atoms with van der Waals surface area (Å²) < 4.78 is 205. The SMILES string of the molecule is CN[C@@H]1[C@@H](O)[C@@H](O[C@@H]2[C@@H](O)[C@H](O[C@H]3OC(CNCCO)=CC[C@H]3N)[C@@H](N)C[C@H]2NC(=O)[C@@H](O)CCN)OC[C@]1(C)O.CN[C@@H]1[C@@H](O)[C@@H](O[C@@H]2[C@@H](O)[C@H](O[C@H]3OC(CNCCO)=CC[C@H]3N)[C@@H](N)C[C@H]2NC(=O)[C@@H](O)CCN)OC[C@]1(C)O.O=S(=O)(O)O.O=S(=O)(O)O.O=S(=O)(O)O.O=S(=O)(O)O.O=S(=O)(O)O. The van der Waals surface area contributed by atoms with Gasteiger partial charge in [0.1, 0.15) is 83.8 Å². The number of likely N-dealkylation sites (N-methyl/N-ethyl adjacent to an activating group) is 2. The number of aliphatic hydroxyl groups is 10. The highest BCUT2D eigenvalue weighted by molar-refractivity contribution is 7.80. The molecule has 2 saturated carbocycles. The van der Waals surface area contributed by atoms with Crippen molar-refractivity contribution in [3.63, 3.8) is 0 Å². The summed E-state index contributed by atoms with van der Waals surface area (Å²) in [6.45, 7) is 4.15. The first-order valence-corrected chi connectivity index (χ1v) is 38.4. The standard InChI is InChI=1S/2C25H48N6O10.5H2O4S/c2*1-25(37)11-38-24(18(35)21(25)29-2)41-20-15(31-22(36)16(33)5-6-26)9-14(28)19(17(20)34)40-23-13(27)4-3-12(39-23)10-30-7-8-32;5*1-5(2,3)4/h2*3,13-21,23-24,29-30,32-35,37H,4-11,26-28H2,1-2H3,(H,31,36);5*(H2,1,2,3,4)/t2*13-,14+,15-,16+,17+,18-,19-,20+,21-,23-,24-,25+;;;;;/m11...../s1. The molecule has 2 saturated heterocycles. The molecule has 0 aromatic carbocycles. The second-order valence-electron chi connectivity index (χ2n) is 24.3. The normalized spacial score (nSPS) is 33.7. The second kappa shape index (κ2) is 47.8. The van der Waals surface area contributed by atoms with E-state index in [9.17, 15) is 50.4 Å². The van der Waals surface area contributed by atoms with Crippen molar-refractivity contribution in [3.05, 3.63) is 23.7 Å². The zero-order valence-electron chi connectivity index (χ0n) is 57.8. The Morgan fingerprint density at radius 2 is 0.766 bits per heavy atom. The number of aliphatic hydroxyl groups excluding tert-OH is 8. The lowest BCUT2D eigenvalue weighted by Gasteiger charge is -2.49. The summed E-state index contributed by atoms with van der Waals surface area (Å²) in [7, 11) is -20.2. The maximum absolute atomic E-state index is 12.7. The van der Waals surface area contributed by atoms with Crippen molar-refractivity contribution in [1.82, 2.24) is 31.9 Å². The molecule has 107 heavy (non-hydrogen) atoms. The molecule has 0 bridgehead atoms. The maximum Gasteiger partial charge on any atom is 0.394 e. The molecule has 38 N–H and O–H groups in total. The van der Waals surface area contributed by atoms with Crippen molar-refractivity contribution in [3.8, 4) is 0 Å². The molecule has 0 radical (unpaired) electrons. The molecule has 0 spiro atoms. The molecule has 2 aliphatic carbocycles. The number of carbonyl (C=O) groups is 2. The number of nitrogens with two attached hydrogens (primary N) is 6. The third-order valence-electron chi connectivity index (χ3n) is 15.3.